The van der Waals surface area contributed by atoms with Gasteiger partial charge in [-0.2, -0.15) is 0 Å². The molecular weight excluding hydrogens is 374 g/mol. The number of carbonyl (C=O) groups excluding carboxylic acids is 2. The van der Waals surface area contributed by atoms with Gasteiger partial charge in [0.15, 0.2) is 0 Å². The van der Waals surface area contributed by atoms with E-state index in [1.807, 2.05) is 71.4 Å². The van der Waals surface area contributed by atoms with Crippen LogP contribution in [0.2, 0.25) is 0 Å². The van der Waals surface area contributed by atoms with Crippen LogP contribution in [-0.4, -0.2) is 21.4 Å². The number of nitrogens with zero attached hydrogens (tertiary/aromatic N) is 2. The number of carbonyl (C=O) groups is 2. The molecule has 0 spiro atoms. The zero-order chi connectivity index (χ0) is 20.5. The monoisotopic (exact) mass is 393 g/mol. The van der Waals surface area contributed by atoms with Crippen LogP contribution in [0.3, 0.4) is 0 Å². The number of hydrogen-bond acceptors (Lipinski definition) is 2. The van der Waals surface area contributed by atoms with Gasteiger partial charge >= 0.3 is 6.03 Å². The first-order chi connectivity index (χ1) is 14.7. The molecule has 5 nitrogen and oxygen atoms in total. The van der Waals surface area contributed by atoms with Gasteiger partial charge in [-0.05, 0) is 46.7 Å². The van der Waals surface area contributed by atoms with E-state index in [4.69, 9.17) is 0 Å². The lowest BCUT2D eigenvalue weighted by Crippen LogP contribution is -2.30. The van der Waals surface area contributed by atoms with E-state index in [1.165, 1.54) is 10.3 Å². The normalized spacial score (nSPS) is 15.2. The van der Waals surface area contributed by atoms with E-state index in [0.717, 1.165) is 22.3 Å². The minimum atomic E-state index is -0.404. The molecule has 1 saturated heterocycles. The summed E-state index contributed by atoms with van der Waals surface area (Å²) in [7, 11) is 0. The van der Waals surface area contributed by atoms with Crippen LogP contribution >= 0.6 is 0 Å². The van der Waals surface area contributed by atoms with E-state index in [9.17, 15) is 9.59 Å². The van der Waals surface area contributed by atoms with E-state index in [-0.39, 0.29) is 18.1 Å². The molecule has 1 fully saturated rings. The van der Waals surface area contributed by atoms with Crippen molar-refractivity contribution < 1.29 is 9.59 Å². The van der Waals surface area contributed by atoms with Crippen molar-refractivity contribution in [1.29, 1.82) is 0 Å². The van der Waals surface area contributed by atoms with Crippen molar-refractivity contribution in [3.63, 3.8) is 0 Å². The molecule has 146 valence electrons. The minimum Gasteiger partial charge on any atom is -0.317 e. The quantitative estimate of drug-likeness (QED) is 0.403. The first-order valence-corrected chi connectivity index (χ1v) is 9.74. The van der Waals surface area contributed by atoms with Crippen LogP contribution in [0.1, 0.15) is 11.3 Å². The van der Waals surface area contributed by atoms with E-state index < -0.39 is 6.03 Å². The Morgan fingerprint density at radius 3 is 2.40 bits per heavy atom. The van der Waals surface area contributed by atoms with E-state index >= 15 is 0 Å². The highest BCUT2D eigenvalue weighted by atomic mass is 16.2. The molecule has 30 heavy (non-hydrogen) atoms. The van der Waals surface area contributed by atoms with Crippen LogP contribution in [0.15, 0.2) is 96.8 Å². The Hall–Kier alpha value is -4.12. The Balaban J connectivity index is 1.45. The Labute approximate surface area is 173 Å². The zero-order valence-electron chi connectivity index (χ0n) is 16.2. The van der Waals surface area contributed by atoms with E-state index in [0.29, 0.717) is 0 Å². The molecular formula is C25H19N3O2. The van der Waals surface area contributed by atoms with Crippen molar-refractivity contribution in [3.05, 3.63) is 108 Å². The van der Waals surface area contributed by atoms with Crippen molar-refractivity contribution in [1.82, 2.24) is 14.8 Å². The highest BCUT2D eigenvalue weighted by molar-refractivity contribution is 6.13. The third kappa shape index (κ3) is 3.26. The molecule has 0 unspecified atom stereocenters. The number of benzene rings is 3. The SMILES string of the molecule is O=C1N/C(=C\c2cccn2-c2ccc3ccccc3c2)C(=O)N1Cc1ccccc1. The van der Waals surface area contributed by atoms with Crippen LogP contribution in [0.4, 0.5) is 4.79 Å². The molecule has 0 saturated carbocycles. The Kier molecular flexibility index (Phi) is 4.41. The number of nitrogens with one attached hydrogen (secondary N) is 1. The number of aromatic nitrogens is 1. The smallest absolute Gasteiger partial charge is 0.317 e. The summed E-state index contributed by atoms with van der Waals surface area (Å²) in [5, 5.41) is 5.02. The summed E-state index contributed by atoms with van der Waals surface area (Å²) in [6, 6.07) is 27.3. The molecule has 5 heteroatoms. The maximum Gasteiger partial charge on any atom is 0.329 e. The number of hydrogen-bond donors (Lipinski definition) is 1. The number of rotatable bonds is 4. The van der Waals surface area contributed by atoms with Crippen LogP contribution in [0.25, 0.3) is 22.5 Å². The second-order valence-corrected chi connectivity index (χ2v) is 7.20. The average molecular weight is 393 g/mol. The number of amides is 3. The molecule has 1 aromatic heterocycles. The summed E-state index contributed by atoms with van der Waals surface area (Å²) in [6.45, 7) is 0.245. The topological polar surface area (TPSA) is 54.3 Å². The molecule has 3 aromatic carbocycles. The summed E-state index contributed by atoms with van der Waals surface area (Å²) in [5.74, 6) is -0.324. The number of urea groups is 1. The first kappa shape index (κ1) is 17.9. The minimum absolute atomic E-state index is 0.245. The second-order valence-electron chi connectivity index (χ2n) is 7.20. The predicted octanol–water partition coefficient (Wildman–Crippen LogP) is 4.72. The lowest BCUT2D eigenvalue weighted by atomic mass is 10.1. The largest absolute Gasteiger partial charge is 0.329 e. The lowest BCUT2D eigenvalue weighted by molar-refractivity contribution is -0.123. The lowest BCUT2D eigenvalue weighted by Gasteiger charge is -2.11. The van der Waals surface area contributed by atoms with Gasteiger partial charge in [-0.15, -0.1) is 0 Å². The third-order valence-electron chi connectivity index (χ3n) is 5.23. The molecule has 1 aliphatic heterocycles. The molecule has 3 amide bonds. The number of fused-ring (bicyclic) bond motifs is 1. The Bertz CT molecular complexity index is 1290. The molecule has 1 N–H and O–H groups in total. The standard InChI is InChI=1S/C25H19N3O2/c29-24-23(26-25(30)28(24)17-18-7-2-1-3-8-18)16-21-11-6-14-27(21)22-13-12-19-9-4-5-10-20(19)15-22/h1-16H,17H2,(H,26,30)/b23-16-. The van der Waals surface area contributed by atoms with Crippen LogP contribution in [0, 0.1) is 0 Å². The molecule has 0 aliphatic carbocycles. The van der Waals surface area contributed by atoms with Gasteiger partial charge in [0.05, 0.1) is 6.54 Å². The third-order valence-corrected chi connectivity index (χ3v) is 5.23. The molecule has 2 heterocycles. The highest BCUT2D eigenvalue weighted by Gasteiger charge is 2.33. The molecule has 0 bridgehead atoms. The first-order valence-electron chi connectivity index (χ1n) is 9.74. The maximum atomic E-state index is 12.8. The average Bonchev–Trinajstić information content (AvgIpc) is 3.34. The van der Waals surface area contributed by atoms with Crippen molar-refractivity contribution in [3.8, 4) is 5.69 Å². The van der Waals surface area contributed by atoms with Gasteiger partial charge in [0, 0.05) is 17.6 Å². The van der Waals surface area contributed by atoms with Crippen molar-refractivity contribution in [2.75, 3.05) is 0 Å². The maximum absolute atomic E-state index is 12.8. The summed E-state index contributed by atoms with van der Waals surface area (Å²) >= 11 is 0. The van der Waals surface area contributed by atoms with E-state index in [1.54, 1.807) is 6.08 Å². The van der Waals surface area contributed by atoms with Crippen LogP contribution < -0.4 is 5.32 Å². The summed E-state index contributed by atoms with van der Waals surface area (Å²) in [5.41, 5.74) is 2.98. The van der Waals surface area contributed by atoms with Gasteiger partial charge < -0.3 is 9.88 Å². The zero-order valence-corrected chi connectivity index (χ0v) is 16.2. The summed E-state index contributed by atoms with van der Waals surface area (Å²) in [4.78, 5) is 26.4. The van der Waals surface area contributed by atoms with Gasteiger partial charge in [0.1, 0.15) is 5.70 Å². The van der Waals surface area contributed by atoms with Crippen LogP contribution in [0.5, 0.6) is 0 Å². The predicted molar refractivity (Wildman–Crippen MR) is 117 cm³/mol. The number of imide groups is 1. The summed E-state index contributed by atoms with van der Waals surface area (Å²) < 4.78 is 2.00. The Morgan fingerprint density at radius 2 is 1.57 bits per heavy atom. The fraction of sp³-hybridized carbons (Fsp3) is 0.0400. The van der Waals surface area contributed by atoms with Gasteiger partial charge in [-0.25, -0.2) is 4.79 Å². The Morgan fingerprint density at radius 1 is 0.800 bits per heavy atom. The van der Waals surface area contributed by atoms with E-state index in [2.05, 4.69) is 29.6 Å². The van der Waals surface area contributed by atoms with Crippen molar-refractivity contribution in [2.24, 2.45) is 0 Å². The van der Waals surface area contributed by atoms with Crippen LogP contribution in [-0.2, 0) is 11.3 Å². The molecule has 1 aliphatic rings. The fourth-order valence-corrected chi connectivity index (χ4v) is 3.70. The highest BCUT2D eigenvalue weighted by Crippen LogP contribution is 2.22. The molecule has 0 radical (unpaired) electrons. The van der Waals surface area contributed by atoms with Gasteiger partial charge in [0.25, 0.3) is 5.91 Å². The molecule has 4 aromatic rings. The van der Waals surface area contributed by atoms with Gasteiger partial charge in [-0.1, -0.05) is 60.7 Å². The van der Waals surface area contributed by atoms with Gasteiger partial charge in [0.2, 0.25) is 0 Å². The second kappa shape index (κ2) is 7.37. The van der Waals surface area contributed by atoms with Crippen molar-refractivity contribution in [2.45, 2.75) is 6.54 Å². The van der Waals surface area contributed by atoms with Crippen molar-refractivity contribution >= 4 is 28.8 Å². The van der Waals surface area contributed by atoms with Gasteiger partial charge in [-0.3, -0.25) is 9.69 Å². The fourth-order valence-electron chi connectivity index (χ4n) is 3.70. The summed E-state index contributed by atoms with van der Waals surface area (Å²) in [6.07, 6.45) is 3.67. The molecule has 0 atom stereocenters. The molecule has 5 rings (SSSR count).